The van der Waals surface area contributed by atoms with Crippen LogP contribution in [0.3, 0.4) is 0 Å². The van der Waals surface area contributed by atoms with Crippen molar-refractivity contribution >= 4 is 17.2 Å². The molecule has 1 amide bonds. The average Bonchev–Trinajstić information content (AvgIpc) is 3.12. The van der Waals surface area contributed by atoms with E-state index in [1.807, 2.05) is 19.9 Å². The number of alkyl halides is 3. The standard InChI is InChI=1S/C21H16F3N5O2/c1-12-9-13(2)25-11-17(12)28-20(30)15-10-26-29-8-7-16(27-19(15)29)14-5-3-4-6-18(14)31-21(22,23)24/h3-11H,1-2H3,(H,28,30). The molecule has 7 nitrogen and oxygen atoms in total. The lowest BCUT2D eigenvalue weighted by Gasteiger charge is -2.13. The number of fused-ring (bicyclic) bond motifs is 1. The third kappa shape index (κ3) is 4.32. The van der Waals surface area contributed by atoms with Gasteiger partial charge in [0.05, 0.1) is 23.8 Å². The maximum absolute atomic E-state index is 12.8. The largest absolute Gasteiger partial charge is 0.573 e. The smallest absolute Gasteiger partial charge is 0.405 e. The van der Waals surface area contributed by atoms with Crippen molar-refractivity contribution in [2.75, 3.05) is 5.32 Å². The van der Waals surface area contributed by atoms with Gasteiger partial charge >= 0.3 is 6.36 Å². The summed E-state index contributed by atoms with van der Waals surface area (Å²) in [4.78, 5) is 21.4. The van der Waals surface area contributed by atoms with E-state index >= 15 is 0 Å². The Morgan fingerprint density at radius 3 is 2.65 bits per heavy atom. The lowest BCUT2D eigenvalue weighted by molar-refractivity contribution is -0.274. The summed E-state index contributed by atoms with van der Waals surface area (Å²) >= 11 is 0. The number of amides is 1. The highest BCUT2D eigenvalue weighted by molar-refractivity contribution is 6.08. The lowest BCUT2D eigenvalue weighted by atomic mass is 10.1. The molecule has 0 atom stereocenters. The molecule has 1 N–H and O–H groups in total. The van der Waals surface area contributed by atoms with Crippen molar-refractivity contribution in [3.05, 3.63) is 71.8 Å². The maximum Gasteiger partial charge on any atom is 0.573 e. The topological polar surface area (TPSA) is 81.4 Å². The zero-order valence-corrected chi connectivity index (χ0v) is 16.4. The number of para-hydroxylation sites is 1. The van der Waals surface area contributed by atoms with E-state index in [-0.39, 0.29) is 22.5 Å². The van der Waals surface area contributed by atoms with Crippen LogP contribution >= 0.6 is 0 Å². The van der Waals surface area contributed by atoms with Gasteiger partial charge in [-0.3, -0.25) is 9.78 Å². The second-order valence-electron chi connectivity index (χ2n) is 6.78. The molecule has 10 heteroatoms. The van der Waals surface area contributed by atoms with Crippen molar-refractivity contribution < 1.29 is 22.7 Å². The molecule has 0 fully saturated rings. The van der Waals surface area contributed by atoms with Gasteiger partial charge < -0.3 is 10.1 Å². The number of nitrogens with zero attached hydrogens (tertiary/aromatic N) is 4. The summed E-state index contributed by atoms with van der Waals surface area (Å²) in [5.41, 5.74) is 2.88. The van der Waals surface area contributed by atoms with Crippen LogP contribution in [0.2, 0.25) is 0 Å². The van der Waals surface area contributed by atoms with Gasteiger partial charge in [-0.1, -0.05) is 12.1 Å². The molecular weight excluding hydrogens is 411 g/mol. The molecule has 0 saturated carbocycles. The molecule has 4 rings (SSSR count). The van der Waals surface area contributed by atoms with Gasteiger partial charge in [-0.25, -0.2) is 9.50 Å². The molecule has 0 aliphatic rings. The van der Waals surface area contributed by atoms with Crippen molar-refractivity contribution in [3.63, 3.8) is 0 Å². The summed E-state index contributed by atoms with van der Waals surface area (Å²) in [6, 6.07) is 8.98. The number of aromatic nitrogens is 4. The molecule has 1 aromatic carbocycles. The van der Waals surface area contributed by atoms with Gasteiger partial charge in [0.2, 0.25) is 0 Å². The minimum Gasteiger partial charge on any atom is -0.405 e. The predicted molar refractivity (Wildman–Crippen MR) is 107 cm³/mol. The number of aryl methyl sites for hydroxylation is 2. The first-order valence-electron chi connectivity index (χ1n) is 9.15. The molecule has 158 valence electrons. The van der Waals surface area contributed by atoms with Crippen LogP contribution < -0.4 is 10.1 Å². The first-order chi connectivity index (χ1) is 14.7. The highest BCUT2D eigenvalue weighted by atomic mass is 19.4. The molecule has 0 aliphatic heterocycles. The number of benzene rings is 1. The Bertz CT molecular complexity index is 1280. The molecule has 0 bridgehead atoms. The van der Waals surface area contributed by atoms with Crippen LogP contribution in [0.15, 0.2) is 55.0 Å². The minimum atomic E-state index is -4.85. The number of carbonyl (C=O) groups is 1. The van der Waals surface area contributed by atoms with E-state index in [2.05, 4.69) is 25.1 Å². The highest BCUT2D eigenvalue weighted by Gasteiger charge is 2.32. The Morgan fingerprint density at radius 2 is 1.90 bits per heavy atom. The highest BCUT2D eigenvalue weighted by Crippen LogP contribution is 2.33. The van der Waals surface area contributed by atoms with Gasteiger partial charge in [0.25, 0.3) is 5.91 Å². The third-order valence-corrected chi connectivity index (χ3v) is 4.50. The molecule has 3 aromatic heterocycles. The molecule has 0 saturated heterocycles. The van der Waals surface area contributed by atoms with Gasteiger partial charge in [-0.15, -0.1) is 13.2 Å². The number of anilines is 1. The van der Waals surface area contributed by atoms with Crippen molar-refractivity contribution in [1.29, 1.82) is 0 Å². The van der Waals surface area contributed by atoms with E-state index in [4.69, 9.17) is 0 Å². The van der Waals surface area contributed by atoms with Crippen molar-refractivity contribution in [2.24, 2.45) is 0 Å². The SMILES string of the molecule is Cc1cc(C)c(NC(=O)c2cnn3ccc(-c4ccccc4OC(F)(F)F)nc23)cn1. The zero-order chi connectivity index (χ0) is 22.2. The summed E-state index contributed by atoms with van der Waals surface area (Å²) in [7, 11) is 0. The van der Waals surface area contributed by atoms with E-state index in [0.717, 1.165) is 11.3 Å². The Morgan fingerprint density at radius 1 is 1.13 bits per heavy atom. The van der Waals surface area contributed by atoms with Crippen LogP contribution in [0, 0.1) is 13.8 Å². The Kier molecular flexibility index (Phi) is 5.05. The van der Waals surface area contributed by atoms with Crippen LogP contribution in [0.1, 0.15) is 21.6 Å². The first-order valence-corrected chi connectivity index (χ1v) is 9.15. The number of pyridine rings is 1. The van der Waals surface area contributed by atoms with E-state index in [1.54, 1.807) is 12.3 Å². The Hall–Kier alpha value is -3.95. The molecular formula is C21H16F3N5O2. The number of halogens is 3. The number of hydrogen-bond donors (Lipinski definition) is 1. The summed E-state index contributed by atoms with van der Waals surface area (Å²) < 4.78 is 43.8. The number of ether oxygens (including phenoxy) is 1. The second kappa shape index (κ2) is 7.71. The number of hydrogen-bond acceptors (Lipinski definition) is 5. The van der Waals surface area contributed by atoms with Crippen LogP contribution in [0.4, 0.5) is 18.9 Å². The van der Waals surface area contributed by atoms with Gasteiger partial charge in [-0.2, -0.15) is 5.10 Å². The summed E-state index contributed by atoms with van der Waals surface area (Å²) in [6.45, 7) is 3.68. The molecule has 4 aromatic rings. The fourth-order valence-corrected chi connectivity index (χ4v) is 3.09. The monoisotopic (exact) mass is 427 g/mol. The van der Waals surface area contributed by atoms with E-state index < -0.39 is 18.0 Å². The van der Waals surface area contributed by atoms with Crippen LogP contribution in [-0.4, -0.2) is 31.9 Å². The molecule has 0 radical (unpaired) electrons. The van der Waals surface area contributed by atoms with Crippen LogP contribution in [0.25, 0.3) is 16.9 Å². The lowest BCUT2D eigenvalue weighted by Crippen LogP contribution is -2.17. The van der Waals surface area contributed by atoms with Gasteiger partial charge in [0.15, 0.2) is 5.65 Å². The summed E-state index contributed by atoms with van der Waals surface area (Å²) in [6.07, 6.45) is -0.437. The van der Waals surface area contributed by atoms with E-state index in [1.165, 1.54) is 41.2 Å². The third-order valence-electron chi connectivity index (χ3n) is 4.50. The predicted octanol–water partition coefficient (Wildman–Crippen LogP) is 4.56. The number of carbonyl (C=O) groups excluding carboxylic acids is 1. The average molecular weight is 427 g/mol. The molecule has 0 spiro atoms. The van der Waals surface area contributed by atoms with Gasteiger partial charge in [-0.05, 0) is 43.7 Å². The van der Waals surface area contributed by atoms with Gasteiger partial charge in [0, 0.05) is 17.5 Å². The fourth-order valence-electron chi connectivity index (χ4n) is 3.09. The summed E-state index contributed by atoms with van der Waals surface area (Å²) in [5, 5.41) is 6.87. The molecule has 3 heterocycles. The molecule has 0 unspecified atom stereocenters. The molecule has 0 aliphatic carbocycles. The van der Waals surface area contributed by atoms with Gasteiger partial charge in [0.1, 0.15) is 11.3 Å². The normalized spacial score (nSPS) is 11.5. The Labute approximate surface area is 174 Å². The first kappa shape index (κ1) is 20.3. The number of nitrogens with one attached hydrogen (secondary N) is 1. The second-order valence-corrected chi connectivity index (χ2v) is 6.78. The van der Waals surface area contributed by atoms with Crippen molar-refractivity contribution in [3.8, 4) is 17.0 Å². The Balaban J connectivity index is 1.71. The van der Waals surface area contributed by atoms with Crippen molar-refractivity contribution in [1.82, 2.24) is 19.6 Å². The van der Waals surface area contributed by atoms with E-state index in [0.29, 0.717) is 5.69 Å². The van der Waals surface area contributed by atoms with E-state index in [9.17, 15) is 18.0 Å². The quantitative estimate of drug-likeness (QED) is 0.516. The maximum atomic E-state index is 12.8. The minimum absolute atomic E-state index is 0.133. The zero-order valence-electron chi connectivity index (χ0n) is 16.4. The number of rotatable bonds is 4. The molecule has 31 heavy (non-hydrogen) atoms. The summed E-state index contributed by atoms with van der Waals surface area (Å²) in [5.74, 6) is -0.855. The van der Waals surface area contributed by atoms with Crippen molar-refractivity contribution in [2.45, 2.75) is 20.2 Å². The van der Waals surface area contributed by atoms with Crippen LogP contribution in [-0.2, 0) is 0 Å². The fraction of sp³-hybridized carbons (Fsp3) is 0.143. The van der Waals surface area contributed by atoms with Crippen LogP contribution in [0.5, 0.6) is 5.75 Å².